The van der Waals surface area contributed by atoms with Gasteiger partial charge in [0, 0.05) is 4.88 Å². The molecule has 102 valence electrons. The van der Waals surface area contributed by atoms with Gasteiger partial charge < -0.3 is 25.2 Å². The van der Waals surface area contributed by atoms with Gasteiger partial charge in [0.15, 0.2) is 0 Å². The van der Waals surface area contributed by atoms with Crippen LogP contribution >= 0.6 is 11.3 Å². The van der Waals surface area contributed by atoms with Gasteiger partial charge in [0.1, 0.15) is 30.5 Å². The van der Waals surface area contributed by atoms with Crippen LogP contribution in [0, 0.1) is 0 Å². The summed E-state index contributed by atoms with van der Waals surface area (Å²) in [5.41, 5.74) is 1.13. The third-order valence-electron chi connectivity index (χ3n) is 3.25. The Morgan fingerprint density at radius 3 is 2.50 bits per heavy atom. The van der Waals surface area contributed by atoms with Gasteiger partial charge in [0.25, 0.3) is 0 Å². The summed E-state index contributed by atoms with van der Waals surface area (Å²) < 4.78 is 5.47. The van der Waals surface area contributed by atoms with Crippen LogP contribution in [0.5, 0.6) is 0 Å². The molecular weight excluding hydrogens is 256 g/mol. The molecule has 5 atom stereocenters. The van der Waals surface area contributed by atoms with Crippen LogP contribution in [0.1, 0.15) is 23.5 Å². The van der Waals surface area contributed by atoms with Crippen LogP contribution in [0.2, 0.25) is 0 Å². The summed E-state index contributed by atoms with van der Waals surface area (Å²) in [6.45, 7) is 1.63. The molecule has 0 bridgehead atoms. The average molecular weight is 274 g/mol. The Labute approximate surface area is 109 Å². The standard InChI is InChI=1S/C12H18O5S/c1-2-6-3-8(18-5-6)12-11(16)10(15)9(14)7(4-13)17-12/h3,5,7,9-16H,2,4H2,1H3/t7-,9-,10+,11-,12+/m1/s1. The summed E-state index contributed by atoms with van der Waals surface area (Å²) in [4.78, 5) is 0.795. The first-order valence-corrected chi connectivity index (χ1v) is 6.84. The summed E-state index contributed by atoms with van der Waals surface area (Å²) in [6.07, 6.45) is -4.47. The van der Waals surface area contributed by atoms with Gasteiger partial charge in [-0.2, -0.15) is 0 Å². The fraction of sp³-hybridized carbons (Fsp3) is 0.667. The van der Waals surface area contributed by atoms with Crippen molar-refractivity contribution in [1.82, 2.24) is 0 Å². The van der Waals surface area contributed by atoms with E-state index in [2.05, 4.69) is 0 Å². The molecule has 6 heteroatoms. The second-order valence-electron chi connectivity index (χ2n) is 4.46. The van der Waals surface area contributed by atoms with E-state index in [-0.39, 0.29) is 0 Å². The van der Waals surface area contributed by atoms with Crippen molar-refractivity contribution in [2.24, 2.45) is 0 Å². The van der Waals surface area contributed by atoms with Gasteiger partial charge in [-0.15, -0.1) is 11.3 Å². The van der Waals surface area contributed by atoms with Crippen molar-refractivity contribution in [3.05, 3.63) is 21.9 Å². The number of thiophene rings is 1. The summed E-state index contributed by atoms with van der Waals surface area (Å²) in [5.74, 6) is 0. The zero-order valence-corrected chi connectivity index (χ0v) is 10.9. The Kier molecular flexibility index (Phi) is 4.37. The number of ether oxygens (including phenoxy) is 1. The molecule has 4 N–H and O–H groups in total. The first kappa shape index (κ1) is 13.9. The number of aryl methyl sites for hydroxylation is 1. The van der Waals surface area contributed by atoms with E-state index in [9.17, 15) is 15.3 Å². The van der Waals surface area contributed by atoms with Crippen molar-refractivity contribution in [3.8, 4) is 0 Å². The molecule has 1 fully saturated rings. The Bertz CT molecular complexity index is 392. The van der Waals surface area contributed by atoms with Gasteiger partial charge >= 0.3 is 0 Å². The minimum atomic E-state index is -1.31. The second-order valence-corrected chi connectivity index (χ2v) is 5.40. The van der Waals surface area contributed by atoms with Gasteiger partial charge in [0.05, 0.1) is 6.61 Å². The summed E-state index contributed by atoms with van der Waals surface area (Å²) >= 11 is 1.44. The van der Waals surface area contributed by atoms with Crippen molar-refractivity contribution in [2.75, 3.05) is 6.61 Å². The van der Waals surface area contributed by atoms with E-state index in [1.54, 1.807) is 0 Å². The molecule has 0 spiro atoms. The smallest absolute Gasteiger partial charge is 0.121 e. The second kappa shape index (κ2) is 5.64. The van der Waals surface area contributed by atoms with Gasteiger partial charge in [-0.1, -0.05) is 6.92 Å². The van der Waals surface area contributed by atoms with Crippen molar-refractivity contribution >= 4 is 11.3 Å². The lowest BCUT2D eigenvalue weighted by molar-refractivity contribution is -0.230. The maximum atomic E-state index is 9.95. The highest BCUT2D eigenvalue weighted by atomic mass is 32.1. The van der Waals surface area contributed by atoms with Gasteiger partial charge in [-0.3, -0.25) is 0 Å². The predicted molar refractivity (Wildman–Crippen MR) is 66.4 cm³/mol. The fourth-order valence-corrected chi connectivity index (χ4v) is 3.14. The Hall–Kier alpha value is -0.500. The average Bonchev–Trinajstić information content (AvgIpc) is 2.85. The maximum Gasteiger partial charge on any atom is 0.121 e. The molecule has 18 heavy (non-hydrogen) atoms. The molecule has 2 heterocycles. The van der Waals surface area contributed by atoms with Crippen LogP contribution in [-0.2, 0) is 11.2 Å². The normalized spacial score (nSPS) is 36.8. The number of hydrogen-bond donors (Lipinski definition) is 4. The van der Waals surface area contributed by atoms with Gasteiger partial charge in [-0.25, -0.2) is 0 Å². The van der Waals surface area contributed by atoms with E-state index in [1.165, 1.54) is 11.3 Å². The van der Waals surface area contributed by atoms with Crippen molar-refractivity contribution in [2.45, 2.75) is 43.9 Å². The van der Waals surface area contributed by atoms with Crippen LogP contribution in [0.4, 0.5) is 0 Å². The fourth-order valence-electron chi connectivity index (χ4n) is 2.07. The highest BCUT2D eigenvalue weighted by Crippen LogP contribution is 2.35. The number of hydrogen-bond acceptors (Lipinski definition) is 6. The lowest BCUT2D eigenvalue weighted by Crippen LogP contribution is -2.55. The van der Waals surface area contributed by atoms with E-state index >= 15 is 0 Å². The monoisotopic (exact) mass is 274 g/mol. The van der Waals surface area contributed by atoms with E-state index in [1.807, 2.05) is 18.4 Å². The molecule has 1 aliphatic heterocycles. The molecule has 1 saturated heterocycles. The first-order valence-electron chi connectivity index (χ1n) is 5.96. The maximum absolute atomic E-state index is 9.95. The van der Waals surface area contributed by atoms with E-state index in [0.29, 0.717) is 0 Å². The lowest BCUT2D eigenvalue weighted by atomic mass is 9.94. The molecule has 0 radical (unpaired) electrons. The third-order valence-corrected chi connectivity index (χ3v) is 4.30. The SMILES string of the molecule is CCc1csc([C@@H]2O[C@H](CO)[C@@H](O)[C@H](O)[C@H]2O)c1. The first-order chi connectivity index (χ1) is 8.58. The lowest BCUT2D eigenvalue weighted by Gasteiger charge is -2.39. The molecular formula is C12H18O5S. The highest BCUT2D eigenvalue weighted by Gasteiger charge is 2.44. The minimum absolute atomic E-state index is 0.395. The largest absolute Gasteiger partial charge is 0.394 e. The number of aliphatic hydroxyl groups is 4. The molecule has 0 aliphatic carbocycles. The Morgan fingerprint density at radius 2 is 1.94 bits per heavy atom. The molecule has 1 aromatic rings. The Balaban J connectivity index is 2.21. The number of rotatable bonds is 3. The van der Waals surface area contributed by atoms with Gasteiger partial charge in [0.2, 0.25) is 0 Å². The van der Waals surface area contributed by atoms with E-state index < -0.39 is 37.1 Å². The summed E-state index contributed by atoms with van der Waals surface area (Å²) in [6, 6.07) is 1.91. The molecule has 0 amide bonds. The van der Waals surface area contributed by atoms with Crippen LogP contribution < -0.4 is 0 Å². The van der Waals surface area contributed by atoms with Crippen molar-refractivity contribution in [1.29, 1.82) is 0 Å². The summed E-state index contributed by atoms with van der Waals surface area (Å²) in [7, 11) is 0. The molecule has 1 aliphatic rings. The molecule has 5 nitrogen and oxygen atoms in total. The molecule has 0 aromatic carbocycles. The molecule has 0 unspecified atom stereocenters. The predicted octanol–water partition coefficient (Wildman–Crippen LogP) is -0.175. The van der Waals surface area contributed by atoms with Crippen molar-refractivity contribution < 1.29 is 25.2 Å². The van der Waals surface area contributed by atoms with Gasteiger partial charge in [-0.05, 0) is 23.4 Å². The topological polar surface area (TPSA) is 90.2 Å². The highest BCUT2D eigenvalue weighted by molar-refractivity contribution is 7.10. The third kappa shape index (κ3) is 2.45. The van der Waals surface area contributed by atoms with Crippen LogP contribution in [0.15, 0.2) is 11.4 Å². The summed E-state index contributed by atoms with van der Waals surface area (Å²) in [5, 5.41) is 40.4. The quantitative estimate of drug-likeness (QED) is 0.614. The number of aliphatic hydroxyl groups excluding tert-OH is 4. The van der Waals surface area contributed by atoms with Crippen LogP contribution in [0.3, 0.4) is 0 Å². The van der Waals surface area contributed by atoms with Crippen LogP contribution in [-0.4, -0.2) is 51.4 Å². The zero-order chi connectivity index (χ0) is 13.3. The van der Waals surface area contributed by atoms with Crippen molar-refractivity contribution in [3.63, 3.8) is 0 Å². The van der Waals surface area contributed by atoms with E-state index in [4.69, 9.17) is 9.84 Å². The molecule has 1 aromatic heterocycles. The minimum Gasteiger partial charge on any atom is -0.394 e. The molecule has 2 rings (SSSR count). The van der Waals surface area contributed by atoms with Crippen LogP contribution in [0.25, 0.3) is 0 Å². The molecule has 0 saturated carbocycles. The van der Waals surface area contributed by atoms with E-state index in [0.717, 1.165) is 16.9 Å². The Morgan fingerprint density at radius 1 is 1.22 bits per heavy atom. The zero-order valence-electron chi connectivity index (χ0n) is 10.1.